The van der Waals surface area contributed by atoms with Gasteiger partial charge in [0.2, 0.25) is 5.89 Å². The third-order valence-corrected chi connectivity index (χ3v) is 3.00. The van der Waals surface area contributed by atoms with Gasteiger partial charge in [0, 0.05) is 24.2 Å². The summed E-state index contributed by atoms with van der Waals surface area (Å²) in [4.78, 5) is 4.33. The van der Waals surface area contributed by atoms with Crippen LogP contribution in [0.25, 0.3) is 0 Å². The van der Waals surface area contributed by atoms with E-state index in [2.05, 4.69) is 22.2 Å². The summed E-state index contributed by atoms with van der Waals surface area (Å²) >= 11 is 0. The third kappa shape index (κ3) is 2.43. The molecule has 0 fully saturated rings. The van der Waals surface area contributed by atoms with E-state index in [-0.39, 0.29) is 0 Å². The average Bonchev–Trinajstić information content (AvgIpc) is 2.87. The topological polar surface area (TPSA) is 82.8 Å². The van der Waals surface area contributed by atoms with Crippen molar-refractivity contribution < 1.29 is 4.52 Å². The van der Waals surface area contributed by atoms with Crippen LogP contribution in [0.2, 0.25) is 0 Å². The van der Waals surface area contributed by atoms with Crippen LogP contribution >= 0.6 is 0 Å². The minimum Gasteiger partial charge on any atom is -0.337 e. The van der Waals surface area contributed by atoms with Crippen LogP contribution in [0.4, 0.5) is 0 Å². The lowest BCUT2D eigenvalue weighted by Crippen LogP contribution is -2.06. The highest BCUT2D eigenvalue weighted by Gasteiger charge is 2.13. The van der Waals surface area contributed by atoms with Crippen molar-refractivity contribution in [2.45, 2.75) is 46.7 Å². The summed E-state index contributed by atoms with van der Waals surface area (Å²) in [5.41, 5.74) is 8.81. The van der Waals surface area contributed by atoms with E-state index >= 15 is 0 Å². The molecule has 6 heteroatoms. The third-order valence-electron chi connectivity index (χ3n) is 3.00. The molecule has 0 spiro atoms. The molecule has 2 aromatic heterocycles. The number of aromatic nitrogens is 4. The maximum atomic E-state index is 5.70. The maximum absolute atomic E-state index is 5.70. The SMILES string of the molecule is CCCc1noc(Cn2nc(C)c(CN)c2C)n1. The number of rotatable bonds is 5. The van der Waals surface area contributed by atoms with Gasteiger partial charge in [-0.2, -0.15) is 10.1 Å². The van der Waals surface area contributed by atoms with Crippen LogP contribution in [0.5, 0.6) is 0 Å². The Morgan fingerprint density at radius 1 is 1.33 bits per heavy atom. The van der Waals surface area contributed by atoms with Crippen molar-refractivity contribution in [2.75, 3.05) is 0 Å². The first-order valence-electron chi connectivity index (χ1n) is 6.20. The Morgan fingerprint density at radius 3 is 2.72 bits per heavy atom. The molecule has 0 aliphatic rings. The molecule has 0 aliphatic heterocycles. The monoisotopic (exact) mass is 249 g/mol. The molecule has 0 radical (unpaired) electrons. The molecule has 0 amide bonds. The van der Waals surface area contributed by atoms with E-state index in [1.807, 2.05) is 18.5 Å². The summed E-state index contributed by atoms with van der Waals surface area (Å²) in [5, 5.41) is 8.37. The van der Waals surface area contributed by atoms with E-state index in [1.54, 1.807) is 0 Å². The molecule has 6 nitrogen and oxygen atoms in total. The van der Waals surface area contributed by atoms with E-state index in [9.17, 15) is 0 Å². The van der Waals surface area contributed by atoms with Crippen LogP contribution in [0.3, 0.4) is 0 Å². The van der Waals surface area contributed by atoms with Gasteiger partial charge >= 0.3 is 0 Å². The highest BCUT2D eigenvalue weighted by atomic mass is 16.5. The maximum Gasteiger partial charge on any atom is 0.248 e. The zero-order valence-corrected chi connectivity index (χ0v) is 11.1. The molecular formula is C12H19N5O. The van der Waals surface area contributed by atoms with Crippen LogP contribution in [-0.2, 0) is 19.5 Å². The van der Waals surface area contributed by atoms with Gasteiger partial charge in [-0.25, -0.2) is 0 Å². The first kappa shape index (κ1) is 12.8. The summed E-state index contributed by atoms with van der Waals surface area (Å²) in [6.45, 7) is 7.06. The van der Waals surface area contributed by atoms with Gasteiger partial charge in [0.25, 0.3) is 0 Å². The zero-order valence-electron chi connectivity index (χ0n) is 11.1. The fourth-order valence-electron chi connectivity index (χ4n) is 1.99. The number of nitrogens with zero attached hydrogens (tertiary/aromatic N) is 4. The van der Waals surface area contributed by atoms with Gasteiger partial charge in [-0.3, -0.25) is 4.68 Å². The molecule has 98 valence electrons. The van der Waals surface area contributed by atoms with E-state index in [0.717, 1.165) is 35.6 Å². The molecule has 0 bridgehead atoms. The predicted octanol–water partition coefficient (Wildman–Crippen LogP) is 1.34. The number of aryl methyl sites for hydroxylation is 2. The minimum absolute atomic E-state index is 0.503. The summed E-state index contributed by atoms with van der Waals surface area (Å²) in [5.74, 6) is 1.35. The lowest BCUT2D eigenvalue weighted by molar-refractivity contribution is 0.359. The molecule has 0 atom stereocenters. The quantitative estimate of drug-likeness (QED) is 0.864. The molecule has 0 unspecified atom stereocenters. The zero-order chi connectivity index (χ0) is 13.1. The van der Waals surface area contributed by atoms with Crippen molar-refractivity contribution in [1.82, 2.24) is 19.9 Å². The molecule has 2 N–H and O–H groups in total. The number of hydrogen-bond donors (Lipinski definition) is 1. The lowest BCUT2D eigenvalue weighted by atomic mass is 10.2. The largest absolute Gasteiger partial charge is 0.337 e. The summed E-state index contributed by atoms with van der Waals surface area (Å²) in [6, 6.07) is 0. The van der Waals surface area contributed by atoms with Crippen LogP contribution in [0.1, 0.15) is 42.0 Å². The van der Waals surface area contributed by atoms with Crippen molar-refractivity contribution in [2.24, 2.45) is 5.73 Å². The minimum atomic E-state index is 0.503. The Morgan fingerprint density at radius 2 is 2.11 bits per heavy atom. The van der Waals surface area contributed by atoms with Gasteiger partial charge in [0.05, 0.1) is 5.69 Å². The molecule has 2 heterocycles. The summed E-state index contributed by atoms with van der Waals surface area (Å²) < 4.78 is 7.07. The van der Waals surface area contributed by atoms with Gasteiger partial charge < -0.3 is 10.3 Å². The Kier molecular flexibility index (Phi) is 3.76. The van der Waals surface area contributed by atoms with Gasteiger partial charge in [-0.05, 0) is 20.3 Å². The predicted molar refractivity (Wildman–Crippen MR) is 67.0 cm³/mol. The van der Waals surface area contributed by atoms with E-state index in [0.29, 0.717) is 19.0 Å². The van der Waals surface area contributed by atoms with Gasteiger partial charge in [-0.1, -0.05) is 12.1 Å². The molecule has 2 rings (SSSR count). The Bertz CT molecular complexity index is 529. The van der Waals surface area contributed by atoms with Crippen molar-refractivity contribution >= 4 is 0 Å². The molecular weight excluding hydrogens is 230 g/mol. The molecule has 0 saturated carbocycles. The lowest BCUT2D eigenvalue weighted by Gasteiger charge is -2.00. The first-order valence-corrected chi connectivity index (χ1v) is 6.20. The van der Waals surface area contributed by atoms with Gasteiger partial charge in [0.15, 0.2) is 5.82 Å². The first-order chi connectivity index (χ1) is 8.65. The van der Waals surface area contributed by atoms with Crippen LogP contribution in [0.15, 0.2) is 4.52 Å². The van der Waals surface area contributed by atoms with Gasteiger partial charge in [-0.15, -0.1) is 0 Å². The highest BCUT2D eigenvalue weighted by molar-refractivity contribution is 5.24. The fraction of sp³-hybridized carbons (Fsp3) is 0.583. The van der Waals surface area contributed by atoms with Crippen molar-refractivity contribution in [1.29, 1.82) is 0 Å². The van der Waals surface area contributed by atoms with E-state index in [4.69, 9.17) is 10.3 Å². The normalized spacial score (nSPS) is 11.1. The van der Waals surface area contributed by atoms with Crippen LogP contribution < -0.4 is 5.73 Å². The smallest absolute Gasteiger partial charge is 0.248 e. The highest BCUT2D eigenvalue weighted by Crippen LogP contribution is 2.13. The average molecular weight is 249 g/mol. The van der Waals surface area contributed by atoms with Crippen LogP contribution in [0, 0.1) is 13.8 Å². The van der Waals surface area contributed by atoms with Crippen molar-refractivity contribution in [3.63, 3.8) is 0 Å². The Hall–Kier alpha value is -1.69. The second-order valence-corrected chi connectivity index (χ2v) is 4.37. The standard InChI is InChI=1S/C12H19N5O/c1-4-5-11-14-12(18-16-11)7-17-9(3)10(6-13)8(2)15-17/h4-7,13H2,1-3H3. The summed E-state index contributed by atoms with van der Waals surface area (Å²) in [7, 11) is 0. The summed E-state index contributed by atoms with van der Waals surface area (Å²) in [6.07, 6.45) is 1.85. The molecule has 18 heavy (non-hydrogen) atoms. The second-order valence-electron chi connectivity index (χ2n) is 4.37. The van der Waals surface area contributed by atoms with Crippen molar-refractivity contribution in [3.8, 4) is 0 Å². The second kappa shape index (κ2) is 5.30. The number of hydrogen-bond acceptors (Lipinski definition) is 5. The van der Waals surface area contributed by atoms with E-state index in [1.165, 1.54) is 0 Å². The molecule has 0 saturated heterocycles. The molecule has 0 aromatic carbocycles. The van der Waals surface area contributed by atoms with Crippen LogP contribution in [-0.4, -0.2) is 19.9 Å². The fourth-order valence-corrected chi connectivity index (χ4v) is 1.99. The van der Waals surface area contributed by atoms with Gasteiger partial charge in [0.1, 0.15) is 6.54 Å². The van der Waals surface area contributed by atoms with Crippen molar-refractivity contribution in [3.05, 3.63) is 28.7 Å². The Labute approximate surface area is 106 Å². The molecule has 2 aromatic rings. The Balaban J connectivity index is 2.17. The number of nitrogens with two attached hydrogens (primary N) is 1. The van der Waals surface area contributed by atoms with E-state index < -0.39 is 0 Å². The molecule has 0 aliphatic carbocycles.